The number of nitrogens with zero attached hydrogens (tertiary/aromatic N) is 4. The smallest absolute Gasteiger partial charge is 0.164 e. The highest BCUT2D eigenvalue weighted by Crippen LogP contribution is 2.41. The van der Waals surface area contributed by atoms with Crippen LogP contribution in [-0.2, 0) is 0 Å². The monoisotopic (exact) mass is 690 g/mol. The molecule has 5 nitrogen and oxygen atoms in total. The predicted octanol–water partition coefficient (Wildman–Crippen LogP) is 5.51. The van der Waals surface area contributed by atoms with Crippen LogP contribution in [0.3, 0.4) is 0 Å². The Morgan fingerprint density at radius 3 is 1.65 bits per heavy atom. The van der Waals surface area contributed by atoms with E-state index in [1.807, 2.05) is 109 Å². The van der Waals surface area contributed by atoms with Crippen molar-refractivity contribution in [2.75, 3.05) is 0 Å². The van der Waals surface area contributed by atoms with Gasteiger partial charge in [-0.15, -0.1) is 16.4 Å². The van der Waals surface area contributed by atoms with Crippen LogP contribution in [-0.4, -0.2) is 58.8 Å². The van der Waals surface area contributed by atoms with Crippen LogP contribution in [0.15, 0.2) is 144 Å². The zero-order valence-electron chi connectivity index (χ0n) is 29.4. The standard InChI is InChI=1S/C45H23B5N4O/c46-38-37(39(47)41(49)42(50)40(38)48)29-16-9-18-31-35(29)27-15-7-8-17-30(27)54(31)32-19-10-20-33-36(32)28-22-21-26(23-34(28)55-33)45-52-43(24-11-3-1-4-12-24)51-44(53-45)25-13-5-2-6-14-25/h1-23H. The topological polar surface area (TPSA) is 56.7 Å². The first kappa shape index (κ1) is 33.1. The van der Waals surface area contributed by atoms with E-state index >= 15 is 0 Å². The molecule has 0 N–H and O–H groups in total. The fourth-order valence-corrected chi connectivity index (χ4v) is 7.70. The maximum Gasteiger partial charge on any atom is 0.164 e. The van der Waals surface area contributed by atoms with Gasteiger partial charge in [0.05, 0.1) is 22.1 Å². The minimum absolute atomic E-state index is 0.179. The van der Waals surface area contributed by atoms with Crippen molar-refractivity contribution in [2.45, 2.75) is 0 Å². The van der Waals surface area contributed by atoms with Crippen molar-refractivity contribution in [1.82, 2.24) is 19.5 Å². The summed E-state index contributed by atoms with van der Waals surface area (Å²) in [5, 5.41) is 3.86. The molecule has 0 atom stereocenters. The molecule has 0 bridgehead atoms. The highest BCUT2D eigenvalue weighted by Gasteiger charge is 2.22. The van der Waals surface area contributed by atoms with Crippen LogP contribution in [0.1, 0.15) is 0 Å². The summed E-state index contributed by atoms with van der Waals surface area (Å²) in [4.78, 5) is 14.7. The predicted molar refractivity (Wildman–Crippen MR) is 230 cm³/mol. The molecule has 7 aromatic carbocycles. The molecular weight excluding hydrogens is 667 g/mol. The summed E-state index contributed by atoms with van der Waals surface area (Å²) in [7, 11) is 32.1. The number of para-hydroxylation sites is 1. The first-order valence-corrected chi connectivity index (χ1v) is 17.7. The second kappa shape index (κ2) is 12.8. The zero-order chi connectivity index (χ0) is 37.4. The minimum atomic E-state index is 0.179. The maximum absolute atomic E-state index is 6.62. The quantitative estimate of drug-likeness (QED) is 0.224. The molecule has 10 aromatic rings. The van der Waals surface area contributed by atoms with Crippen molar-refractivity contribution in [2.24, 2.45) is 0 Å². The van der Waals surface area contributed by atoms with E-state index in [2.05, 4.69) is 34.9 Å². The van der Waals surface area contributed by atoms with Crippen molar-refractivity contribution in [3.63, 3.8) is 0 Å². The number of benzene rings is 7. The molecule has 0 aliphatic heterocycles. The Kier molecular flexibility index (Phi) is 7.70. The molecule has 10 rings (SSSR count). The molecule has 3 heterocycles. The second-order valence-corrected chi connectivity index (χ2v) is 13.5. The van der Waals surface area contributed by atoms with E-state index in [9.17, 15) is 0 Å². The Hall–Kier alpha value is -6.53. The molecule has 10 heteroatoms. The molecule has 10 radical (unpaired) electrons. The lowest BCUT2D eigenvalue weighted by atomic mass is 9.59. The van der Waals surface area contributed by atoms with Gasteiger partial charge in [-0.1, -0.05) is 114 Å². The molecule has 0 aliphatic rings. The fourth-order valence-electron chi connectivity index (χ4n) is 7.70. The van der Waals surface area contributed by atoms with E-state index in [1.165, 1.54) is 0 Å². The summed E-state index contributed by atoms with van der Waals surface area (Å²) in [6, 6.07) is 46.4. The van der Waals surface area contributed by atoms with Gasteiger partial charge >= 0.3 is 0 Å². The van der Waals surface area contributed by atoms with Crippen LogP contribution in [0.2, 0.25) is 0 Å². The number of aromatic nitrogens is 4. The van der Waals surface area contributed by atoms with Gasteiger partial charge < -0.3 is 8.98 Å². The molecule has 55 heavy (non-hydrogen) atoms. The van der Waals surface area contributed by atoms with Crippen LogP contribution < -0.4 is 27.3 Å². The van der Waals surface area contributed by atoms with Crippen molar-refractivity contribution in [3.05, 3.63) is 140 Å². The molecule has 0 saturated carbocycles. The van der Waals surface area contributed by atoms with Gasteiger partial charge in [-0.05, 0) is 47.5 Å². The Morgan fingerprint density at radius 1 is 0.418 bits per heavy atom. The molecule has 244 valence electrons. The second-order valence-electron chi connectivity index (χ2n) is 13.5. The lowest BCUT2D eigenvalue weighted by Gasteiger charge is -2.22. The molecule has 0 amide bonds. The van der Waals surface area contributed by atoms with E-state index < -0.39 is 0 Å². The first-order chi connectivity index (χ1) is 26.9. The van der Waals surface area contributed by atoms with Crippen molar-refractivity contribution in [1.29, 1.82) is 0 Å². The number of fused-ring (bicyclic) bond motifs is 6. The van der Waals surface area contributed by atoms with Gasteiger partial charge in [0, 0.05) is 32.8 Å². The van der Waals surface area contributed by atoms with E-state index in [0.29, 0.717) is 28.6 Å². The van der Waals surface area contributed by atoms with Gasteiger partial charge in [0.15, 0.2) is 17.5 Å². The minimum Gasteiger partial charge on any atom is -0.456 e. The van der Waals surface area contributed by atoms with Crippen LogP contribution in [0.5, 0.6) is 0 Å². The lowest BCUT2D eigenvalue weighted by Crippen LogP contribution is -2.55. The lowest BCUT2D eigenvalue weighted by molar-refractivity contribution is 0.669. The normalized spacial score (nSPS) is 11.6. The highest BCUT2D eigenvalue weighted by atomic mass is 16.3. The fraction of sp³-hybridized carbons (Fsp3) is 0. The number of furan rings is 1. The van der Waals surface area contributed by atoms with Crippen LogP contribution in [0.4, 0.5) is 0 Å². The van der Waals surface area contributed by atoms with Gasteiger partial charge in [-0.25, -0.2) is 15.0 Å². The highest BCUT2D eigenvalue weighted by molar-refractivity contribution is 6.69. The van der Waals surface area contributed by atoms with Crippen LogP contribution >= 0.6 is 0 Å². The third kappa shape index (κ3) is 5.19. The number of hydrogen-bond acceptors (Lipinski definition) is 4. The van der Waals surface area contributed by atoms with Gasteiger partial charge in [0.2, 0.25) is 0 Å². The largest absolute Gasteiger partial charge is 0.456 e. The Balaban J connectivity index is 1.19. The summed E-state index contributed by atoms with van der Waals surface area (Å²) in [5.74, 6) is 1.73. The summed E-state index contributed by atoms with van der Waals surface area (Å²) in [6.45, 7) is 0. The third-order valence-corrected chi connectivity index (χ3v) is 10.3. The van der Waals surface area contributed by atoms with Crippen LogP contribution in [0, 0.1) is 0 Å². The molecule has 0 aliphatic carbocycles. The summed E-state index contributed by atoms with van der Waals surface area (Å²) in [5.41, 5.74) is 9.48. The maximum atomic E-state index is 6.62. The van der Waals surface area contributed by atoms with Gasteiger partial charge in [-0.3, -0.25) is 0 Å². The van der Waals surface area contributed by atoms with E-state index in [-0.39, 0.29) is 27.3 Å². The Morgan fingerprint density at radius 2 is 0.982 bits per heavy atom. The third-order valence-electron chi connectivity index (χ3n) is 10.3. The Labute approximate surface area is 323 Å². The van der Waals surface area contributed by atoms with E-state index in [1.54, 1.807) is 0 Å². The summed E-state index contributed by atoms with van der Waals surface area (Å²) in [6.07, 6.45) is 0. The molecule has 0 unspecified atom stereocenters. The summed E-state index contributed by atoms with van der Waals surface area (Å²) >= 11 is 0. The SMILES string of the molecule is [B]c1c([B])c([B])c(-c2cccc3c2c2ccccc2n3-c2cccc3oc4cc(-c5nc(-c6ccccc6)nc(-c6ccccc6)n5)ccc4c23)c([B])c1[B]. The van der Waals surface area contributed by atoms with Crippen molar-refractivity contribution < 1.29 is 4.42 Å². The molecular formula is C45H23B5N4O. The van der Waals surface area contributed by atoms with Gasteiger partial charge in [0.25, 0.3) is 0 Å². The van der Waals surface area contributed by atoms with Crippen LogP contribution in [0.25, 0.3) is 94.7 Å². The first-order valence-electron chi connectivity index (χ1n) is 17.7. The van der Waals surface area contributed by atoms with E-state index in [0.717, 1.165) is 66.1 Å². The zero-order valence-corrected chi connectivity index (χ0v) is 29.4. The van der Waals surface area contributed by atoms with Gasteiger partial charge in [-0.2, -0.15) is 0 Å². The number of rotatable bonds is 5. The van der Waals surface area contributed by atoms with E-state index in [4.69, 9.17) is 58.6 Å². The Bertz CT molecular complexity index is 3070. The average molecular weight is 690 g/mol. The molecule has 3 aromatic heterocycles. The van der Waals surface area contributed by atoms with Crippen molar-refractivity contribution in [3.8, 4) is 51.0 Å². The van der Waals surface area contributed by atoms with Crippen molar-refractivity contribution >= 4 is 110 Å². The summed E-state index contributed by atoms with van der Waals surface area (Å²) < 4.78 is 8.86. The number of hydrogen-bond donors (Lipinski definition) is 0. The molecule has 0 saturated heterocycles. The molecule has 0 spiro atoms. The average Bonchev–Trinajstić information content (AvgIpc) is 3.79. The van der Waals surface area contributed by atoms with Gasteiger partial charge in [0.1, 0.15) is 50.4 Å². The molecule has 0 fully saturated rings.